The molecule has 3 aromatic rings. The number of carbonyl (C=O) groups excluding carboxylic acids is 2. The molecule has 0 atom stereocenters. The Kier molecular flexibility index (Phi) is 4.15. The van der Waals surface area contributed by atoms with Crippen LogP contribution in [-0.4, -0.2) is 11.9 Å². The minimum Gasteiger partial charge on any atom is -0.461 e. The molecule has 5 rings (SSSR count). The van der Waals surface area contributed by atoms with Crippen molar-refractivity contribution >= 4 is 46.1 Å². The number of esters is 2. The summed E-state index contributed by atoms with van der Waals surface area (Å²) < 4.78 is 16.4. The van der Waals surface area contributed by atoms with Crippen molar-refractivity contribution in [1.29, 1.82) is 0 Å². The van der Waals surface area contributed by atoms with Gasteiger partial charge in [-0.3, -0.25) is 0 Å². The van der Waals surface area contributed by atoms with Crippen LogP contribution in [0.25, 0.3) is 22.2 Å². The van der Waals surface area contributed by atoms with Crippen molar-refractivity contribution in [2.45, 2.75) is 13.8 Å². The van der Waals surface area contributed by atoms with Gasteiger partial charge in [0.15, 0.2) is 0 Å². The van der Waals surface area contributed by atoms with Crippen molar-refractivity contribution in [3.8, 4) is 10.6 Å². The van der Waals surface area contributed by atoms with Gasteiger partial charge < -0.3 is 13.9 Å². The number of ether oxygens (including phenoxy) is 2. The number of thiophene rings is 2. The van der Waals surface area contributed by atoms with Gasteiger partial charge in [0.1, 0.15) is 23.0 Å². The van der Waals surface area contributed by atoms with Crippen molar-refractivity contribution in [2.24, 2.45) is 0 Å². The minimum atomic E-state index is -0.560. The highest BCUT2D eigenvalue weighted by molar-refractivity contribution is 7.16. The van der Waals surface area contributed by atoms with Gasteiger partial charge in [-0.1, -0.05) is 0 Å². The van der Waals surface area contributed by atoms with E-state index in [4.69, 9.17) is 13.9 Å². The van der Waals surface area contributed by atoms with E-state index < -0.39 is 11.9 Å². The van der Waals surface area contributed by atoms with Crippen molar-refractivity contribution in [3.05, 3.63) is 80.1 Å². The quantitative estimate of drug-likeness (QED) is 0.413. The summed E-state index contributed by atoms with van der Waals surface area (Å²) in [5, 5.41) is 0. The van der Waals surface area contributed by atoms with Gasteiger partial charge in [-0.25, -0.2) is 9.59 Å². The monoisotopic (exact) mass is 422 g/mol. The molecule has 5 heterocycles. The lowest BCUT2D eigenvalue weighted by Crippen LogP contribution is -2.05. The van der Waals surface area contributed by atoms with Crippen LogP contribution in [0, 0.1) is 13.8 Å². The van der Waals surface area contributed by atoms with E-state index in [0.29, 0.717) is 11.5 Å². The summed E-state index contributed by atoms with van der Waals surface area (Å²) in [5.41, 5.74) is 0.418. The molecule has 0 N–H and O–H groups in total. The minimum absolute atomic E-state index is 0.206. The highest BCUT2D eigenvalue weighted by Crippen LogP contribution is 2.39. The molecule has 5 nitrogen and oxygen atoms in total. The van der Waals surface area contributed by atoms with Crippen LogP contribution in [0.5, 0.6) is 0 Å². The Morgan fingerprint density at radius 1 is 0.690 bits per heavy atom. The van der Waals surface area contributed by atoms with Gasteiger partial charge >= 0.3 is 11.9 Å². The molecule has 3 aromatic heterocycles. The van der Waals surface area contributed by atoms with Gasteiger partial charge in [-0.15, -0.1) is 22.7 Å². The zero-order chi connectivity index (χ0) is 20.1. The number of hydrogen-bond acceptors (Lipinski definition) is 7. The van der Waals surface area contributed by atoms with Gasteiger partial charge in [0.05, 0.1) is 25.8 Å². The first-order chi connectivity index (χ1) is 14.0. The van der Waals surface area contributed by atoms with E-state index in [0.717, 1.165) is 31.0 Å². The number of carbonyl (C=O) groups is 2. The lowest BCUT2D eigenvalue weighted by atomic mass is 10.1. The molecule has 2 aliphatic heterocycles. The van der Waals surface area contributed by atoms with Gasteiger partial charge in [-0.2, -0.15) is 0 Å². The molecule has 0 aliphatic carbocycles. The molecule has 29 heavy (non-hydrogen) atoms. The second kappa shape index (κ2) is 6.72. The molecule has 0 bridgehead atoms. The largest absolute Gasteiger partial charge is 0.461 e. The Balaban J connectivity index is 1.49. The first kappa shape index (κ1) is 17.9. The fraction of sp³-hybridized carbons (Fsp3) is 0.0909. The molecule has 0 spiro atoms. The van der Waals surface area contributed by atoms with E-state index in [1.807, 2.05) is 50.2 Å². The van der Waals surface area contributed by atoms with E-state index in [-0.39, 0.29) is 11.1 Å². The van der Waals surface area contributed by atoms with Gasteiger partial charge in [0.2, 0.25) is 0 Å². The van der Waals surface area contributed by atoms with E-state index >= 15 is 0 Å². The summed E-state index contributed by atoms with van der Waals surface area (Å²) >= 11 is 2.98. The van der Waals surface area contributed by atoms with Crippen LogP contribution in [0.4, 0.5) is 0 Å². The number of furan rings is 1. The topological polar surface area (TPSA) is 65.7 Å². The molecule has 144 valence electrons. The van der Waals surface area contributed by atoms with E-state index in [9.17, 15) is 9.59 Å². The first-order valence-electron chi connectivity index (χ1n) is 8.84. The Morgan fingerprint density at radius 3 is 1.83 bits per heavy atom. The molecule has 0 radical (unpaired) electrons. The van der Waals surface area contributed by atoms with Crippen molar-refractivity contribution in [2.75, 3.05) is 0 Å². The average molecular weight is 422 g/mol. The zero-order valence-electron chi connectivity index (χ0n) is 15.5. The molecular weight excluding hydrogens is 408 g/mol. The van der Waals surface area contributed by atoms with Crippen LogP contribution >= 0.6 is 22.7 Å². The maximum Gasteiger partial charge on any atom is 0.344 e. The highest BCUT2D eigenvalue weighted by atomic mass is 32.1. The average Bonchev–Trinajstić information content (AvgIpc) is 3.46. The van der Waals surface area contributed by atoms with E-state index in [1.54, 1.807) is 12.2 Å². The SMILES string of the molecule is Cc1ccc(-c2ccc(C3=C/C(=C4/C=C(c5ccc(C)s5)OC4=O)C(=O)O3)s2)o1. The van der Waals surface area contributed by atoms with Gasteiger partial charge in [0, 0.05) is 4.88 Å². The van der Waals surface area contributed by atoms with E-state index in [2.05, 4.69) is 0 Å². The third-order valence-electron chi connectivity index (χ3n) is 4.50. The summed E-state index contributed by atoms with van der Waals surface area (Å²) in [7, 11) is 0. The fourth-order valence-corrected chi connectivity index (χ4v) is 4.84. The highest BCUT2D eigenvalue weighted by Gasteiger charge is 2.33. The van der Waals surface area contributed by atoms with Gasteiger partial charge in [-0.05, 0) is 62.4 Å². The van der Waals surface area contributed by atoms with Crippen LogP contribution in [0.2, 0.25) is 0 Å². The van der Waals surface area contributed by atoms with Crippen LogP contribution in [0.3, 0.4) is 0 Å². The maximum absolute atomic E-state index is 12.4. The lowest BCUT2D eigenvalue weighted by Gasteiger charge is -1.97. The van der Waals surface area contributed by atoms with Crippen LogP contribution in [0.15, 0.2) is 64.1 Å². The molecule has 0 unspecified atom stereocenters. The Labute approximate surface area is 174 Å². The standard InChI is InChI=1S/C22H14O5S2/c1-11-3-5-15(25-11)18-7-8-20(29-18)17-10-14(22(24)27-17)13-9-16(26-21(13)23)19-6-4-12(2)28-19/h3-10H,1-2H3/b14-13+. The molecule has 0 amide bonds. The molecule has 2 aliphatic rings. The van der Waals surface area contributed by atoms with Crippen LogP contribution in [-0.2, 0) is 19.1 Å². The fourth-order valence-electron chi connectivity index (χ4n) is 3.10. The second-order valence-corrected chi connectivity index (χ2v) is 8.98. The van der Waals surface area contributed by atoms with Crippen molar-refractivity contribution in [1.82, 2.24) is 0 Å². The number of hydrogen-bond donors (Lipinski definition) is 0. The lowest BCUT2D eigenvalue weighted by molar-refractivity contribution is -0.133. The third-order valence-corrected chi connectivity index (χ3v) is 6.63. The summed E-state index contributed by atoms with van der Waals surface area (Å²) in [4.78, 5) is 28.5. The zero-order valence-corrected chi connectivity index (χ0v) is 17.1. The van der Waals surface area contributed by atoms with Crippen molar-refractivity contribution < 1.29 is 23.5 Å². The predicted molar refractivity (Wildman–Crippen MR) is 111 cm³/mol. The second-order valence-electron chi connectivity index (χ2n) is 6.61. The Morgan fingerprint density at radius 2 is 1.28 bits per heavy atom. The molecule has 0 fully saturated rings. The van der Waals surface area contributed by atoms with Crippen LogP contribution in [0.1, 0.15) is 20.4 Å². The summed E-state index contributed by atoms with van der Waals surface area (Å²) in [6, 6.07) is 11.4. The molecule has 0 saturated carbocycles. The maximum atomic E-state index is 12.4. The number of aryl methyl sites for hydroxylation is 2. The Bertz CT molecular complexity index is 1260. The predicted octanol–water partition coefficient (Wildman–Crippen LogP) is 5.48. The first-order valence-corrected chi connectivity index (χ1v) is 10.5. The summed E-state index contributed by atoms with van der Waals surface area (Å²) in [5.74, 6) is 1.36. The van der Waals surface area contributed by atoms with Crippen LogP contribution < -0.4 is 0 Å². The molecule has 0 aromatic carbocycles. The number of rotatable bonds is 3. The molecule has 7 heteroatoms. The Hall–Kier alpha value is -3.16. The number of cyclic esters (lactones) is 2. The van der Waals surface area contributed by atoms with Crippen molar-refractivity contribution in [3.63, 3.8) is 0 Å². The molecular formula is C22H14O5S2. The summed E-state index contributed by atoms with van der Waals surface area (Å²) in [6.45, 7) is 3.87. The smallest absolute Gasteiger partial charge is 0.344 e. The van der Waals surface area contributed by atoms with Gasteiger partial charge in [0.25, 0.3) is 0 Å². The molecule has 0 saturated heterocycles. The normalized spacial score (nSPS) is 18.7. The third kappa shape index (κ3) is 3.18. The van der Waals surface area contributed by atoms with E-state index in [1.165, 1.54) is 22.7 Å². The summed E-state index contributed by atoms with van der Waals surface area (Å²) in [6.07, 6.45) is 3.20.